The third-order valence-electron chi connectivity index (χ3n) is 2.69. The molecule has 84 valence electrons. The Morgan fingerprint density at radius 2 is 2.38 bits per heavy atom. The van der Waals surface area contributed by atoms with Crippen molar-refractivity contribution in [1.82, 2.24) is 0 Å². The summed E-state index contributed by atoms with van der Waals surface area (Å²) in [6.07, 6.45) is 1.15. The monoisotopic (exact) mass is 236 g/mol. The summed E-state index contributed by atoms with van der Waals surface area (Å²) in [5.41, 5.74) is 1.59. The summed E-state index contributed by atoms with van der Waals surface area (Å²) < 4.78 is 10.9. The van der Waals surface area contributed by atoms with Gasteiger partial charge in [-0.2, -0.15) is 0 Å². The molecule has 2 atom stereocenters. The molecule has 0 bridgehead atoms. The minimum atomic E-state index is 0.00269. The van der Waals surface area contributed by atoms with Crippen molar-refractivity contribution in [3.05, 3.63) is 28.8 Å². The minimum Gasteiger partial charge on any atom is -0.371 e. The lowest BCUT2D eigenvalue weighted by atomic mass is 9.87. The third kappa shape index (κ3) is 2.79. The van der Waals surface area contributed by atoms with Gasteiger partial charge in [-0.25, -0.2) is 0 Å². The SMILES string of the molecule is [B]c1c(Cl)cccc1[C@@H](CC)OCC1CO1. The van der Waals surface area contributed by atoms with E-state index in [1.807, 2.05) is 12.1 Å². The second-order valence-electron chi connectivity index (χ2n) is 3.93. The van der Waals surface area contributed by atoms with Gasteiger partial charge in [0.25, 0.3) is 0 Å². The maximum absolute atomic E-state index is 5.98. The lowest BCUT2D eigenvalue weighted by Crippen LogP contribution is -2.18. The van der Waals surface area contributed by atoms with Crippen LogP contribution in [0.2, 0.25) is 5.02 Å². The van der Waals surface area contributed by atoms with Crippen molar-refractivity contribution >= 4 is 24.9 Å². The lowest BCUT2D eigenvalue weighted by Gasteiger charge is -2.19. The van der Waals surface area contributed by atoms with E-state index >= 15 is 0 Å². The Balaban J connectivity index is 2.08. The van der Waals surface area contributed by atoms with Gasteiger partial charge in [-0.05, 0) is 18.1 Å². The molecule has 0 aromatic heterocycles. The molecule has 1 saturated heterocycles. The number of epoxide rings is 1. The molecule has 1 heterocycles. The second kappa shape index (κ2) is 5.22. The van der Waals surface area contributed by atoms with Crippen LogP contribution in [0.25, 0.3) is 0 Å². The van der Waals surface area contributed by atoms with Crippen LogP contribution in [0.4, 0.5) is 0 Å². The van der Waals surface area contributed by atoms with Crippen LogP contribution in [-0.2, 0) is 9.47 Å². The van der Waals surface area contributed by atoms with Crippen LogP contribution < -0.4 is 5.46 Å². The van der Waals surface area contributed by atoms with E-state index in [9.17, 15) is 0 Å². The Labute approximate surface area is 102 Å². The standard InChI is InChI=1S/C12H14BClO2/c1-2-11(16-7-8-6-15-8)9-4-3-5-10(14)12(9)13/h3-5,8,11H,2,6-7H2,1H3/t8?,11-/m1/s1. The molecule has 1 aliphatic heterocycles. The molecular weight excluding hydrogens is 222 g/mol. The van der Waals surface area contributed by atoms with Crippen LogP contribution in [0.5, 0.6) is 0 Å². The Morgan fingerprint density at radius 3 is 3.00 bits per heavy atom. The van der Waals surface area contributed by atoms with Gasteiger partial charge in [0, 0.05) is 5.02 Å². The first-order chi connectivity index (χ1) is 7.72. The average molecular weight is 237 g/mol. The van der Waals surface area contributed by atoms with E-state index in [4.69, 9.17) is 28.9 Å². The van der Waals surface area contributed by atoms with Crippen molar-refractivity contribution in [2.75, 3.05) is 13.2 Å². The van der Waals surface area contributed by atoms with Crippen LogP contribution in [-0.4, -0.2) is 27.2 Å². The summed E-state index contributed by atoms with van der Waals surface area (Å²) in [7, 11) is 5.94. The van der Waals surface area contributed by atoms with E-state index in [0.29, 0.717) is 17.1 Å². The Hall–Kier alpha value is -0.505. The molecule has 1 unspecified atom stereocenters. The van der Waals surface area contributed by atoms with Crippen LogP contribution in [0.15, 0.2) is 18.2 Å². The maximum Gasteiger partial charge on any atom is 0.116 e. The van der Waals surface area contributed by atoms with Gasteiger partial charge in [0.1, 0.15) is 14.0 Å². The van der Waals surface area contributed by atoms with E-state index in [0.717, 1.165) is 18.6 Å². The molecule has 0 saturated carbocycles. The zero-order valence-corrected chi connectivity index (χ0v) is 10.0. The highest BCUT2D eigenvalue weighted by Crippen LogP contribution is 2.23. The normalized spacial score (nSPS) is 20.8. The fourth-order valence-corrected chi connectivity index (χ4v) is 1.83. The highest BCUT2D eigenvalue weighted by Gasteiger charge is 2.24. The first-order valence-electron chi connectivity index (χ1n) is 5.49. The van der Waals surface area contributed by atoms with Gasteiger partial charge >= 0.3 is 0 Å². The molecule has 1 fully saturated rings. The van der Waals surface area contributed by atoms with Crippen molar-refractivity contribution in [3.8, 4) is 0 Å². The molecule has 16 heavy (non-hydrogen) atoms. The molecule has 1 aromatic carbocycles. The molecule has 0 amide bonds. The van der Waals surface area contributed by atoms with Gasteiger partial charge in [0.05, 0.1) is 19.3 Å². The summed E-state index contributed by atoms with van der Waals surface area (Å²) in [6.45, 7) is 3.50. The summed E-state index contributed by atoms with van der Waals surface area (Å²) in [4.78, 5) is 0. The van der Waals surface area contributed by atoms with E-state index in [-0.39, 0.29) is 12.2 Å². The zero-order valence-electron chi connectivity index (χ0n) is 9.28. The van der Waals surface area contributed by atoms with Gasteiger partial charge in [0.15, 0.2) is 0 Å². The van der Waals surface area contributed by atoms with Crippen molar-refractivity contribution in [1.29, 1.82) is 0 Å². The highest BCUT2D eigenvalue weighted by molar-refractivity contribution is 6.45. The topological polar surface area (TPSA) is 21.8 Å². The molecule has 2 nitrogen and oxygen atoms in total. The Morgan fingerprint density at radius 1 is 1.62 bits per heavy atom. The van der Waals surface area contributed by atoms with E-state index in [1.54, 1.807) is 6.07 Å². The zero-order chi connectivity index (χ0) is 11.5. The quantitative estimate of drug-likeness (QED) is 0.576. The van der Waals surface area contributed by atoms with E-state index in [2.05, 4.69) is 6.92 Å². The smallest absolute Gasteiger partial charge is 0.116 e. The van der Waals surface area contributed by atoms with Crippen LogP contribution in [0.1, 0.15) is 25.0 Å². The fraction of sp³-hybridized carbons (Fsp3) is 0.500. The highest BCUT2D eigenvalue weighted by atomic mass is 35.5. The predicted octanol–water partition coefficient (Wildman–Crippen LogP) is 2.00. The van der Waals surface area contributed by atoms with Gasteiger partial charge in [-0.1, -0.05) is 36.1 Å². The van der Waals surface area contributed by atoms with E-state index < -0.39 is 0 Å². The Bertz CT molecular complexity index is 366. The number of benzene rings is 1. The largest absolute Gasteiger partial charge is 0.371 e. The van der Waals surface area contributed by atoms with Crippen molar-refractivity contribution in [2.24, 2.45) is 0 Å². The number of rotatable bonds is 5. The molecule has 2 rings (SSSR count). The molecule has 0 N–H and O–H groups in total. The number of halogens is 1. The summed E-state index contributed by atoms with van der Waals surface area (Å²) >= 11 is 5.98. The van der Waals surface area contributed by atoms with Crippen LogP contribution in [0.3, 0.4) is 0 Å². The average Bonchev–Trinajstić information content (AvgIpc) is 3.08. The van der Waals surface area contributed by atoms with Crippen molar-refractivity contribution in [3.63, 3.8) is 0 Å². The molecule has 4 heteroatoms. The second-order valence-corrected chi connectivity index (χ2v) is 4.34. The molecule has 1 aromatic rings. The fourth-order valence-electron chi connectivity index (χ4n) is 1.65. The molecule has 0 aliphatic carbocycles. The third-order valence-corrected chi connectivity index (χ3v) is 3.02. The predicted molar refractivity (Wildman–Crippen MR) is 65.6 cm³/mol. The van der Waals surface area contributed by atoms with E-state index in [1.165, 1.54) is 0 Å². The maximum atomic E-state index is 5.98. The van der Waals surface area contributed by atoms with Gasteiger partial charge < -0.3 is 9.47 Å². The molecule has 2 radical (unpaired) electrons. The molecular formula is C12H14BClO2. The van der Waals surface area contributed by atoms with Crippen LogP contribution in [0, 0.1) is 0 Å². The van der Waals surface area contributed by atoms with Crippen molar-refractivity contribution < 1.29 is 9.47 Å². The summed E-state index contributed by atoms with van der Waals surface area (Å²) in [6, 6.07) is 5.65. The van der Waals surface area contributed by atoms with Crippen molar-refractivity contribution in [2.45, 2.75) is 25.6 Å². The first kappa shape index (κ1) is 12.0. The first-order valence-corrected chi connectivity index (χ1v) is 5.87. The Kier molecular flexibility index (Phi) is 3.90. The molecule has 0 spiro atoms. The summed E-state index contributed by atoms with van der Waals surface area (Å²) in [5.74, 6) is 0. The molecule has 1 aliphatic rings. The van der Waals surface area contributed by atoms with Gasteiger partial charge in [0.2, 0.25) is 0 Å². The van der Waals surface area contributed by atoms with Crippen LogP contribution >= 0.6 is 11.6 Å². The van der Waals surface area contributed by atoms with Gasteiger partial charge in [-0.15, -0.1) is 0 Å². The number of hydrogen-bond acceptors (Lipinski definition) is 2. The number of ether oxygens (including phenoxy) is 2. The lowest BCUT2D eigenvalue weighted by molar-refractivity contribution is 0.0401. The van der Waals surface area contributed by atoms with Gasteiger partial charge in [-0.3, -0.25) is 0 Å². The number of hydrogen-bond donors (Lipinski definition) is 0. The minimum absolute atomic E-state index is 0.00269. The summed E-state index contributed by atoms with van der Waals surface area (Å²) in [5, 5.41) is 0.585.